The molecule has 13 heavy (non-hydrogen) atoms. The van der Waals surface area contributed by atoms with Gasteiger partial charge in [0.1, 0.15) is 0 Å². The van der Waals surface area contributed by atoms with Crippen molar-refractivity contribution < 1.29 is 9.59 Å². The van der Waals surface area contributed by atoms with Crippen molar-refractivity contribution in [2.24, 2.45) is 17.6 Å². The van der Waals surface area contributed by atoms with E-state index in [1.54, 1.807) is 0 Å². The van der Waals surface area contributed by atoms with Gasteiger partial charge in [0.05, 0.1) is 6.54 Å². The van der Waals surface area contributed by atoms with E-state index in [2.05, 4.69) is 5.32 Å². The minimum Gasteiger partial charge on any atom is -0.368 e. The maximum Gasteiger partial charge on any atom is 0.236 e. The highest BCUT2D eigenvalue weighted by Crippen LogP contribution is 2.13. The van der Waals surface area contributed by atoms with Crippen molar-refractivity contribution in [2.75, 3.05) is 6.54 Å². The first kappa shape index (κ1) is 11.9. The van der Waals surface area contributed by atoms with Gasteiger partial charge in [-0.25, -0.2) is 0 Å². The quantitative estimate of drug-likeness (QED) is 0.647. The van der Waals surface area contributed by atoms with Crippen LogP contribution in [0.4, 0.5) is 0 Å². The second kappa shape index (κ2) is 5.56. The van der Waals surface area contributed by atoms with Crippen LogP contribution in [-0.2, 0) is 9.59 Å². The fourth-order valence-corrected chi connectivity index (χ4v) is 0.947. The van der Waals surface area contributed by atoms with Gasteiger partial charge in [-0.2, -0.15) is 0 Å². The van der Waals surface area contributed by atoms with Gasteiger partial charge in [0, 0.05) is 5.92 Å². The van der Waals surface area contributed by atoms with E-state index in [0.29, 0.717) is 5.92 Å². The minimum atomic E-state index is -0.510. The van der Waals surface area contributed by atoms with Gasteiger partial charge in [-0.15, -0.1) is 0 Å². The third-order valence-corrected chi connectivity index (χ3v) is 2.35. The molecule has 0 aromatic heterocycles. The highest BCUT2D eigenvalue weighted by molar-refractivity contribution is 5.84. The first-order chi connectivity index (χ1) is 5.99. The average molecular weight is 186 g/mol. The Morgan fingerprint density at radius 1 is 1.38 bits per heavy atom. The zero-order chi connectivity index (χ0) is 10.4. The van der Waals surface area contributed by atoms with E-state index >= 15 is 0 Å². The fraction of sp³-hybridized carbons (Fsp3) is 0.778. The average Bonchev–Trinajstić information content (AvgIpc) is 2.11. The van der Waals surface area contributed by atoms with Gasteiger partial charge in [0.25, 0.3) is 0 Å². The van der Waals surface area contributed by atoms with Crippen LogP contribution < -0.4 is 11.1 Å². The molecule has 0 aromatic carbocycles. The number of carbonyl (C=O) groups is 2. The number of nitrogens with one attached hydrogen (secondary N) is 1. The highest BCUT2D eigenvalue weighted by Gasteiger charge is 2.18. The van der Waals surface area contributed by atoms with Crippen LogP contribution in [0.1, 0.15) is 27.2 Å². The zero-order valence-corrected chi connectivity index (χ0v) is 8.46. The monoisotopic (exact) mass is 186 g/mol. The Labute approximate surface area is 78.9 Å². The Bertz CT molecular complexity index is 192. The first-order valence-corrected chi connectivity index (χ1v) is 4.55. The molecule has 0 fully saturated rings. The van der Waals surface area contributed by atoms with E-state index in [9.17, 15) is 9.59 Å². The molecule has 0 aliphatic carbocycles. The summed E-state index contributed by atoms with van der Waals surface area (Å²) in [5.41, 5.74) is 4.90. The van der Waals surface area contributed by atoms with E-state index in [-0.39, 0.29) is 18.4 Å². The van der Waals surface area contributed by atoms with Crippen molar-refractivity contribution in [2.45, 2.75) is 27.2 Å². The molecule has 0 bridgehead atoms. The van der Waals surface area contributed by atoms with Crippen LogP contribution in [-0.4, -0.2) is 18.4 Å². The predicted octanol–water partition coefficient (Wildman–Crippen LogP) is 0.270. The number of rotatable bonds is 5. The smallest absolute Gasteiger partial charge is 0.236 e. The van der Waals surface area contributed by atoms with Crippen LogP contribution in [0.2, 0.25) is 0 Å². The first-order valence-electron chi connectivity index (χ1n) is 4.55. The summed E-state index contributed by atoms with van der Waals surface area (Å²) in [6.45, 7) is 5.82. The summed E-state index contributed by atoms with van der Waals surface area (Å²) in [6, 6.07) is 0. The molecule has 2 amide bonds. The van der Waals surface area contributed by atoms with Gasteiger partial charge in [-0.3, -0.25) is 9.59 Å². The number of hydrogen-bond donors (Lipinski definition) is 2. The summed E-state index contributed by atoms with van der Waals surface area (Å²) in [5, 5.41) is 2.48. The molecule has 2 atom stereocenters. The molecular formula is C9H18N2O2. The number of primary amides is 1. The lowest BCUT2D eigenvalue weighted by Crippen LogP contribution is -2.38. The number of carbonyl (C=O) groups excluding carboxylic acids is 2. The van der Waals surface area contributed by atoms with Crippen molar-refractivity contribution in [3.05, 3.63) is 0 Å². The third-order valence-electron chi connectivity index (χ3n) is 2.35. The Morgan fingerprint density at radius 2 is 1.92 bits per heavy atom. The molecule has 0 heterocycles. The van der Waals surface area contributed by atoms with Gasteiger partial charge >= 0.3 is 0 Å². The van der Waals surface area contributed by atoms with Crippen molar-refractivity contribution >= 4 is 11.8 Å². The summed E-state index contributed by atoms with van der Waals surface area (Å²) in [4.78, 5) is 21.7. The molecule has 0 saturated heterocycles. The van der Waals surface area contributed by atoms with Gasteiger partial charge in [0.15, 0.2) is 0 Å². The molecular weight excluding hydrogens is 168 g/mol. The lowest BCUT2D eigenvalue weighted by molar-refractivity contribution is -0.128. The summed E-state index contributed by atoms with van der Waals surface area (Å²) in [5.74, 6) is -0.352. The van der Waals surface area contributed by atoms with Crippen LogP contribution in [0.3, 0.4) is 0 Å². The van der Waals surface area contributed by atoms with Crippen molar-refractivity contribution in [1.82, 2.24) is 5.32 Å². The normalized spacial score (nSPS) is 14.7. The Hall–Kier alpha value is -1.06. The second-order valence-corrected chi connectivity index (χ2v) is 3.36. The summed E-state index contributed by atoms with van der Waals surface area (Å²) < 4.78 is 0. The molecule has 0 saturated carbocycles. The Kier molecular flexibility index (Phi) is 5.11. The molecule has 0 spiro atoms. The topological polar surface area (TPSA) is 72.2 Å². The van der Waals surface area contributed by atoms with Crippen molar-refractivity contribution in [3.8, 4) is 0 Å². The largest absolute Gasteiger partial charge is 0.368 e. The van der Waals surface area contributed by atoms with Gasteiger partial charge in [0.2, 0.25) is 11.8 Å². The van der Waals surface area contributed by atoms with Gasteiger partial charge in [-0.05, 0) is 5.92 Å². The number of nitrogens with two attached hydrogens (primary N) is 1. The maximum atomic E-state index is 11.3. The van der Waals surface area contributed by atoms with Crippen LogP contribution >= 0.6 is 0 Å². The second-order valence-electron chi connectivity index (χ2n) is 3.36. The molecule has 2 unspecified atom stereocenters. The Morgan fingerprint density at radius 3 is 2.31 bits per heavy atom. The molecule has 0 rings (SSSR count). The SMILES string of the molecule is CCC(C)C(C)C(=O)NCC(N)=O. The predicted molar refractivity (Wildman–Crippen MR) is 50.8 cm³/mol. The van der Waals surface area contributed by atoms with Gasteiger partial charge < -0.3 is 11.1 Å². The van der Waals surface area contributed by atoms with E-state index in [1.807, 2.05) is 20.8 Å². The standard InChI is InChI=1S/C9H18N2O2/c1-4-6(2)7(3)9(13)11-5-8(10)12/h6-7H,4-5H2,1-3H3,(H2,10,12)(H,11,13). The molecule has 0 aromatic rings. The zero-order valence-electron chi connectivity index (χ0n) is 8.46. The summed E-state index contributed by atoms with van der Waals surface area (Å²) >= 11 is 0. The molecule has 4 heteroatoms. The lowest BCUT2D eigenvalue weighted by Gasteiger charge is -2.16. The fourth-order valence-electron chi connectivity index (χ4n) is 0.947. The lowest BCUT2D eigenvalue weighted by atomic mass is 9.93. The maximum absolute atomic E-state index is 11.3. The molecule has 0 aliphatic heterocycles. The van der Waals surface area contributed by atoms with E-state index in [1.165, 1.54) is 0 Å². The summed E-state index contributed by atoms with van der Waals surface area (Å²) in [6.07, 6.45) is 0.950. The van der Waals surface area contributed by atoms with Crippen LogP contribution in [0, 0.1) is 11.8 Å². The minimum absolute atomic E-state index is 0.0654. The van der Waals surface area contributed by atoms with Crippen molar-refractivity contribution in [1.29, 1.82) is 0 Å². The third kappa shape index (κ3) is 4.50. The van der Waals surface area contributed by atoms with Crippen molar-refractivity contribution in [3.63, 3.8) is 0 Å². The number of hydrogen-bond acceptors (Lipinski definition) is 2. The van der Waals surface area contributed by atoms with E-state index in [0.717, 1.165) is 6.42 Å². The van der Waals surface area contributed by atoms with E-state index < -0.39 is 5.91 Å². The van der Waals surface area contributed by atoms with Crippen LogP contribution in [0.25, 0.3) is 0 Å². The number of amides is 2. The van der Waals surface area contributed by atoms with Gasteiger partial charge in [-0.1, -0.05) is 27.2 Å². The summed E-state index contributed by atoms with van der Waals surface area (Å²) in [7, 11) is 0. The molecule has 3 N–H and O–H groups in total. The Balaban J connectivity index is 3.89. The molecule has 76 valence electrons. The molecule has 4 nitrogen and oxygen atoms in total. The molecule has 0 radical (unpaired) electrons. The van der Waals surface area contributed by atoms with E-state index in [4.69, 9.17) is 5.73 Å². The van der Waals surface area contributed by atoms with Crippen LogP contribution in [0.15, 0.2) is 0 Å². The van der Waals surface area contributed by atoms with Crippen LogP contribution in [0.5, 0.6) is 0 Å². The highest BCUT2D eigenvalue weighted by atomic mass is 16.2. The molecule has 0 aliphatic rings.